The van der Waals surface area contributed by atoms with Gasteiger partial charge in [0.2, 0.25) is 10.0 Å². The average molecular weight is 370 g/mol. The van der Waals surface area contributed by atoms with Gasteiger partial charge in [0, 0.05) is 22.7 Å². The topological polar surface area (TPSA) is 98.5 Å². The van der Waals surface area contributed by atoms with Crippen LogP contribution in [-0.4, -0.2) is 34.1 Å². The molecule has 0 spiro atoms. The highest BCUT2D eigenvalue weighted by Crippen LogP contribution is 2.35. The molecule has 0 bridgehead atoms. The van der Waals surface area contributed by atoms with Crippen LogP contribution in [0.15, 0.2) is 29.2 Å². The number of nitrogens with two attached hydrogens (primary N) is 1. The zero-order valence-corrected chi connectivity index (χ0v) is 15.4. The van der Waals surface area contributed by atoms with E-state index in [9.17, 15) is 13.2 Å². The lowest BCUT2D eigenvalue weighted by Crippen LogP contribution is -2.40. The summed E-state index contributed by atoms with van der Waals surface area (Å²) >= 11 is 1.11. The molecule has 3 N–H and O–H groups in total. The van der Waals surface area contributed by atoms with Crippen LogP contribution < -0.4 is 10.5 Å². The average Bonchev–Trinajstić information content (AvgIpc) is 2.98. The van der Waals surface area contributed by atoms with E-state index in [0.29, 0.717) is 11.8 Å². The Labute approximate surface area is 146 Å². The maximum Gasteiger partial charge on any atom is 0.349 e. The number of fused-ring (bicyclic) bond motifs is 1. The zero-order chi connectivity index (χ0) is 17.7. The predicted molar refractivity (Wildman–Crippen MR) is 95.9 cm³/mol. The summed E-state index contributed by atoms with van der Waals surface area (Å²) in [7, 11) is -2.65. The zero-order valence-electron chi connectivity index (χ0n) is 13.7. The Morgan fingerprint density at radius 1 is 1.38 bits per heavy atom. The molecule has 0 aliphatic heterocycles. The molecule has 1 aromatic carbocycles. The first-order valence-electron chi connectivity index (χ1n) is 7.76. The van der Waals surface area contributed by atoms with E-state index < -0.39 is 16.0 Å². The van der Waals surface area contributed by atoms with Gasteiger partial charge in [-0.15, -0.1) is 11.3 Å². The van der Waals surface area contributed by atoms with Crippen LogP contribution in [0.1, 0.15) is 35.9 Å². The van der Waals surface area contributed by atoms with Crippen LogP contribution in [0, 0.1) is 0 Å². The Balaban J connectivity index is 2.50. The van der Waals surface area contributed by atoms with Crippen molar-refractivity contribution in [2.75, 3.05) is 13.7 Å². The van der Waals surface area contributed by atoms with Gasteiger partial charge in [0.15, 0.2) is 0 Å². The van der Waals surface area contributed by atoms with Gasteiger partial charge < -0.3 is 10.5 Å². The highest BCUT2D eigenvalue weighted by Gasteiger charge is 2.30. The van der Waals surface area contributed by atoms with Crippen LogP contribution in [-0.2, 0) is 14.8 Å². The van der Waals surface area contributed by atoms with Crippen LogP contribution in [0.5, 0.6) is 0 Å². The van der Waals surface area contributed by atoms with Crippen LogP contribution in [0.2, 0.25) is 0 Å². The van der Waals surface area contributed by atoms with Crippen LogP contribution in [0.25, 0.3) is 10.1 Å². The van der Waals surface area contributed by atoms with Gasteiger partial charge in [-0.3, -0.25) is 0 Å². The van der Waals surface area contributed by atoms with Crippen molar-refractivity contribution in [3.8, 4) is 0 Å². The maximum absolute atomic E-state index is 12.9. The number of esters is 1. The van der Waals surface area contributed by atoms with Crippen molar-refractivity contribution in [1.29, 1.82) is 0 Å². The molecular weight excluding hydrogens is 348 g/mol. The molecule has 1 aromatic heterocycles. The molecule has 0 saturated heterocycles. The molecule has 24 heavy (non-hydrogen) atoms. The lowest BCUT2D eigenvalue weighted by molar-refractivity contribution is 0.0602. The third-order valence-electron chi connectivity index (χ3n) is 3.70. The van der Waals surface area contributed by atoms with Gasteiger partial charge in [-0.25, -0.2) is 17.9 Å². The van der Waals surface area contributed by atoms with Crippen LogP contribution in [0.4, 0.5) is 0 Å². The first kappa shape index (κ1) is 18.9. The molecular formula is C16H22N2O4S2. The minimum absolute atomic E-state index is 0.0232. The fourth-order valence-corrected chi connectivity index (χ4v) is 5.57. The van der Waals surface area contributed by atoms with Gasteiger partial charge in [0.05, 0.1) is 7.11 Å². The van der Waals surface area contributed by atoms with Crippen molar-refractivity contribution in [2.24, 2.45) is 5.73 Å². The van der Waals surface area contributed by atoms with Crippen LogP contribution in [0.3, 0.4) is 0 Å². The van der Waals surface area contributed by atoms with Gasteiger partial charge in [-0.2, -0.15) is 0 Å². The molecule has 0 aliphatic carbocycles. The molecule has 1 heterocycles. The Bertz CT molecular complexity index is 815. The van der Waals surface area contributed by atoms with Crippen molar-refractivity contribution in [3.05, 3.63) is 29.1 Å². The summed E-state index contributed by atoms with van der Waals surface area (Å²) in [6.07, 6.45) is 2.48. The molecule has 0 aliphatic rings. The monoisotopic (exact) mass is 370 g/mol. The Morgan fingerprint density at radius 3 is 2.71 bits per heavy atom. The second kappa shape index (κ2) is 8.06. The van der Waals surface area contributed by atoms with E-state index in [1.54, 1.807) is 24.3 Å². The largest absolute Gasteiger partial charge is 0.465 e. The smallest absolute Gasteiger partial charge is 0.349 e. The second-order valence-corrected chi connectivity index (χ2v) is 8.15. The lowest BCUT2D eigenvalue weighted by atomic mass is 10.1. The highest BCUT2D eigenvalue weighted by molar-refractivity contribution is 7.90. The molecule has 2 aromatic rings. The van der Waals surface area contributed by atoms with Crippen molar-refractivity contribution in [1.82, 2.24) is 4.72 Å². The summed E-state index contributed by atoms with van der Waals surface area (Å²) in [5.41, 5.74) is 5.69. The number of thiophene rings is 1. The predicted octanol–water partition coefficient (Wildman–Crippen LogP) is 2.48. The van der Waals surface area contributed by atoms with Gasteiger partial charge in [-0.1, -0.05) is 38.0 Å². The summed E-state index contributed by atoms with van der Waals surface area (Å²) in [4.78, 5) is 12.1. The van der Waals surface area contributed by atoms with E-state index in [1.807, 2.05) is 6.92 Å². The third kappa shape index (κ3) is 3.94. The summed E-state index contributed by atoms with van der Waals surface area (Å²) in [6, 6.07) is 6.65. The normalized spacial score (nSPS) is 13.1. The Kier molecular flexibility index (Phi) is 6.34. The summed E-state index contributed by atoms with van der Waals surface area (Å²) < 4.78 is 33.9. The molecule has 1 atom stereocenters. The molecule has 0 amide bonds. The number of sulfonamides is 1. The van der Waals surface area contributed by atoms with Gasteiger partial charge in [0.25, 0.3) is 0 Å². The third-order valence-corrected chi connectivity index (χ3v) is 6.59. The number of carbonyl (C=O) groups is 1. The SMILES string of the molecule is CCCCC(CN)NS(=O)(=O)c1c(C(=O)OC)sc2ccccc12. The van der Waals surface area contributed by atoms with E-state index in [0.717, 1.165) is 28.9 Å². The van der Waals surface area contributed by atoms with E-state index in [2.05, 4.69) is 4.72 Å². The summed E-state index contributed by atoms with van der Waals surface area (Å²) in [6.45, 7) is 2.23. The molecule has 0 saturated carbocycles. The highest BCUT2D eigenvalue weighted by atomic mass is 32.2. The Morgan fingerprint density at radius 2 is 2.08 bits per heavy atom. The number of benzene rings is 1. The van der Waals surface area contributed by atoms with Crippen molar-refractivity contribution in [2.45, 2.75) is 37.1 Å². The molecule has 2 rings (SSSR count). The number of unbranched alkanes of at least 4 members (excludes halogenated alkanes) is 1. The van der Waals surface area contributed by atoms with Gasteiger partial charge in [0.1, 0.15) is 9.77 Å². The number of ether oxygens (including phenoxy) is 1. The molecule has 0 fully saturated rings. The first-order valence-corrected chi connectivity index (χ1v) is 10.1. The number of methoxy groups -OCH3 is 1. The quantitative estimate of drug-likeness (QED) is 0.696. The van der Waals surface area contributed by atoms with Crippen molar-refractivity contribution >= 4 is 37.4 Å². The molecule has 8 heteroatoms. The number of rotatable bonds is 8. The summed E-state index contributed by atoms with van der Waals surface area (Å²) in [5, 5.41) is 0.515. The van der Waals surface area contributed by atoms with E-state index in [1.165, 1.54) is 7.11 Å². The van der Waals surface area contributed by atoms with Gasteiger partial charge >= 0.3 is 5.97 Å². The molecule has 6 nitrogen and oxygen atoms in total. The lowest BCUT2D eigenvalue weighted by Gasteiger charge is -2.17. The van der Waals surface area contributed by atoms with E-state index >= 15 is 0 Å². The molecule has 132 valence electrons. The van der Waals surface area contributed by atoms with Crippen molar-refractivity contribution in [3.63, 3.8) is 0 Å². The standard InChI is InChI=1S/C16H22N2O4S2/c1-3-4-7-11(10-17)18-24(20,21)15-12-8-5-6-9-13(12)23-14(15)16(19)22-2/h5-6,8-9,11,18H,3-4,7,10,17H2,1-2H3. The fraction of sp³-hybridized carbons (Fsp3) is 0.438. The minimum atomic E-state index is -3.89. The summed E-state index contributed by atoms with van der Waals surface area (Å²) in [5.74, 6) is -0.658. The number of nitrogens with one attached hydrogen (secondary N) is 1. The van der Waals surface area contributed by atoms with E-state index in [-0.39, 0.29) is 22.4 Å². The van der Waals surface area contributed by atoms with Gasteiger partial charge in [-0.05, 0) is 12.5 Å². The number of hydrogen-bond donors (Lipinski definition) is 2. The molecule has 0 radical (unpaired) electrons. The first-order chi connectivity index (χ1) is 11.4. The number of carbonyl (C=O) groups excluding carboxylic acids is 1. The number of hydrogen-bond acceptors (Lipinski definition) is 6. The second-order valence-electron chi connectivity index (χ2n) is 5.44. The van der Waals surface area contributed by atoms with Crippen LogP contribution >= 0.6 is 11.3 Å². The van der Waals surface area contributed by atoms with E-state index in [4.69, 9.17) is 10.5 Å². The molecule has 1 unspecified atom stereocenters. The fourth-order valence-electron chi connectivity index (χ4n) is 2.47. The minimum Gasteiger partial charge on any atom is -0.465 e. The maximum atomic E-state index is 12.9. The Hall–Kier alpha value is -1.48. The van der Waals surface area contributed by atoms with Crippen molar-refractivity contribution < 1.29 is 17.9 Å².